The Morgan fingerprint density at radius 1 is 0.882 bits per heavy atom. The highest BCUT2D eigenvalue weighted by Crippen LogP contribution is 2.32. The minimum Gasteiger partial charge on any atom is -0.369 e. The molecule has 0 aliphatic rings. The van der Waals surface area contributed by atoms with Gasteiger partial charge in [0.25, 0.3) is 10.0 Å². The molecule has 0 saturated heterocycles. The van der Waals surface area contributed by atoms with Crippen LogP contribution in [0.1, 0.15) is 5.56 Å². The van der Waals surface area contributed by atoms with Gasteiger partial charge in [-0.25, -0.2) is 18.1 Å². The molecule has 1 aromatic heterocycles. The SMILES string of the molecule is NC(=NCc1cnc(-c2ccc(Cl)cc2)c(-c2ccc(Cl)cc2)c1)NS(=O)(=O)c1ccccc1. The molecule has 172 valence electrons. The number of pyridine rings is 1. The highest BCUT2D eigenvalue weighted by Gasteiger charge is 2.15. The molecule has 3 aromatic carbocycles. The molecule has 6 nitrogen and oxygen atoms in total. The molecule has 0 spiro atoms. The number of benzene rings is 3. The number of nitrogens with one attached hydrogen (secondary N) is 1. The topological polar surface area (TPSA) is 97.4 Å². The van der Waals surface area contributed by atoms with E-state index >= 15 is 0 Å². The summed E-state index contributed by atoms with van der Waals surface area (Å²) < 4.78 is 27.2. The van der Waals surface area contributed by atoms with Crippen LogP contribution in [-0.4, -0.2) is 19.4 Å². The van der Waals surface area contributed by atoms with E-state index in [-0.39, 0.29) is 17.4 Å². The van der Waals surface area contributed by atoms with Crippen molar-refractivity contribution in [3.05, 3.63) is 107 Å². The molecular weight excluding hydrogens is 491 g/mol. The molecule has 0 saturated carbocycles. The van der Waals surface area contributed by atoms with Crippen molar-refractivity contribution in [3.8, 4) is 22.4 Å². The lowest BCUT2D eigenvalue weighted by molar-refractivity contribution is 0.592. The minimum atomic E-state index is -3.81. The maximum absolute atomic E-state index is 12.4. The summed E-state index contributed by atoms with van der Waals surface area (Å²) in [6, 6.07) is 24.8. The van der Waals surface area contributed by atoms with Crippen LogP contribution in [0, 0.1) is 0 Å². The number of hydrogen-bond acceptors (Lipinski definition) is 4. The fraction of sp³-hybridized carbons (Fsp3) is 0.0400. The number of halogens is 2. The lowest BCUT2D eigenvalue weighted by Gasteiger charge is -2.12. The predicted octanol–water partition coefficient (Wildman–Crippen LogP) is 5.52. The van der Waals surface area contributed by atoms with Gasteiger partial charge in [-0.05, 0) is 53.6 Å². The van der Waals surface area contributed by atoms with Crippen molar-refractivity contribution in [2.45, 2.75) is 11.4 Å². The molecule has 0 amide bonds. The highest BCUT2D eigenvalue weighted by atomic mass is 35.5. The van der Waals surface area contributed by atoms with Gasteiger partial charge < -0.3 is 5.73 Å². The van der Waals surface area contributed by atoms with Crippen molar-refractivity contribution in [2.24, 2.45) is 10.7 Å². The molecule has 0 atom stereocenters. The average Bonchev–Trinajstić information content (AvgIpc) is 2.84. The van der Waals surface area contributed by atoms with Gasteiger partial charge in [0.1, 0.15) is 0 Å². The van der Waals surface area contributed by atoms with Gasteiger partial charge in [0.2, 0.25) is 5.96 Å². The zero-order valence-corrected chi connectivity index (χ0v) is 20.1. The smallest absolute Gasteiger partial charge is 0.264 e. The predicted molar refractivity (Wildman–Crippen MR) is 137 cm³/mol. The summed E-state index contributed by atoms with van der Waals surface area (Å²) in [6.07, 6.45) is 1.69. The zero-order chi connectivity index (χ0) is 24.1. The quantitative estimate of drug-likeness (QED) is 0.263. The summed E-state index contributed by atoms with van der Waals surface area (Å²) in [5.41, 5.74) is 10.1. The molecule has 0 aliphatic heterocycles. The van der Waals surface area contributed by atoms with E-state index in [1.807, 2.05) is 54.6 Å². The maximum atomic E-state index is 12.4. The van der Waals surface area contributed by atoms with Crippen LogP contribution in [-0.2, 0) is 16.6 Å². The van der Waals surface area contributed by atoms with Crippen LogP contribution in [0.3, 0.4) is 0 Å². The second kappa shape index (κ2) is 10.3. The standard InChI is InChI=1S/C25H20Cl2N4O2S/c26-20-10-6-18(7-11-20)23-14-17(15-29-24(23)19-8-12-21(27)13-9-19)16-30-25(28)31-34(32,33)22-4-2-1-3-5-22/h1-15H,16H2,(H3,28,30,31). The van der Waals surface area contributed by atoms with Crippen LogP contribution in [0.2, 0.25) is 10.0 Å². The first kappa shape index (κ1) is 23.8. The van der Waals surface area contributed by atoms with E-state index in [1.165, 1.54) is 12.1 Å². The molecule has 9 heteroatoms. The molecule has 0 radical (unpaired) electrons. The number of aliphatic imine (C=N–C) groups is 1. The lowest BCUT2D eigenvalue weighted by Crippen LogP contribution is -2.36. The number of aromatic nitrogens is 1. The van der Waals surface area contributed by atoms with Crippen molar-refractivity contribution in [2.75, 3.05) is 0 Å². The number of nitrogens with two attached hydrogens (primary N) is 1. The van der Waals surface area contributed by atoms with Gasteiger partial charge in [-0.1, -0.05) is 65.7 Å². The first-order valence-corrected chi connectivity index (χ1v) is 12.4. The number of rotatable bonds is 6. The minimum absolute atomic E-state index is 0.104. The van der Waals surface area contributed by atoms with Crippen LogP contribution in [0.25, 0.3) is 22.4 Å². The van der Waals surface area contributed by atoms with Gasteiger partial charge in [0.05, 0.1) is 17.1 Å². The number of nitrogens with zero attached hydrogens (tertiary/aromatic N) is 2. The molecule has 0 aliphatic carbocycles. The Morgan fingerprint density at radius 2 is 1.47 bits per heavy atom. The Kier molecular flexibility index (Phi) is 7.17. The summed E-state index contributed by atoms with van der Waals surface area (Å²) in [6.45, 7) is 0.137. The fourth-order valence-electron chi connectivity index (χ4n) is 3.29. The van der Waals surface area contributed by atoms with E-state index in [1.54, 1.807) is 24.4 Å². The van der Waals surface area contributed by atoms with E-state index in [0.717, 1.165) is 27.9 Å². The molecule has 0 unspecified atom stereocenters. The Bertz CT molecular complexity index is 1420. The molecule has 4 aromatic rings. The van der Waals surface area contributed by atoms with Gasteiger partial charge >= 0.3 is 0 Å². The average molecular weight is 511 g/mol. The Hall–Kier alpha value is -3.39. The lowest BCUT2D eigenvalue weighted by atomic mass is 9.98. The third-order valence-corrected chi connectivity index (χ3v) is 6.82. The zero-order valence-electron chi connectivity index (χ0n) is 17.8. The molecule has 0 fully saturated rings. The third-order valence-electron chi connectivity index (χ3n) is 4.94. The van der Waals surface area contributed by atoms with E-state index in [4.69, 9.17) is 28.9 Å². The van der Waals surface area contributed by atoms with Crippen LogP contribution >= 0.6 is 23.2 Å². The maximum Gasteiger partial charge on any atom is 0.264 e. The summed E-state index contributed by atoms with van der Waals surface area (Å²) in [7, 11) is -3.81. The van der Waals surface area contributed by atoms with E-state index < -0.39 is 10.0 Å². The van der Waals surface area contributed by atoms with Crippen molar-refractivity contribution >= 4 is 39.2 Å². The molecular formula is C25H20Cl2N4O2S. The van der Waals surface area contributed by atoms with Gasteiger partial charge in [-0.2, -0.15) is 0 Å². The van der Waals surface area contributed by atoms with E-state index in [2.05, 4.69) is 14.7 Å². The number of guanidine groups is 1. The van der Waals surface area contributed by atoms with Gasteiger partial charge in [0.15, 0.2) is 0 Å². The number of sulfonamides is 1. The largest absolute Gasteiger partial charge is 0.369 e. The first-order chi connectivity index (χ1) is 16.3. The van der Waals surface area contributed by atoms with Gasteiger partial charge in [-0.3, -0.25) is 4.98 Å². The van der Waals surface area contributed by atoms with Crippen LogP contribution in [0.4, 0.5) is 0 Å². The van der Waals surface area contributed by atoms with Crippen molar-refractivity contribution in [1.82, 2.24) is 9.71 Å². The summed E-state index contributed by atoms with van der Waals surface area (Å²) in [5.74, 6) is -0.210. The normalized spacial score (nSPS) is 11.9. The van der Waals surface area contributed by atoms with Crippen molar-refractivity contribution < 1.29 is 8.42 Å². The number of hydrogen-bond donors (Lipinski definition) is 2. The first-order valence-electron chi connectivity index (χ1n) is 10.2. The van der Waals surface area contributed by atoms with Crippen molar-refractivity contribution in [1.29, 1.82) is 0 Å². The second-order valence-corrected chi connectivity index (χ2v) is 9.93. The van der Waals surface area contributed by atoms with Crippen LogP contribution in [0.5, 0.6) is 0 Å². The Labute approximate surface area is 208 Å². The highest BCUT2D eigenvalue weighted by molar-refractivity contribution is 7.90. The van der Waals surface area contributed by atoms with Crippen LogP contribution in [0.15, 0.2) is 101 Å². The summed E-state index contributed by atoms with van der Waals surface area (Å²) >= 11 is 12.1. The monoisotopic (exact) mass is 510 g/mol. The molecule has 4 rings (SSSR count). The third kappa shape index (κ3) is 5.75. The summed E-state index contributed by atoms with van der Waals surface area (Å²) in [4.78, 5) is 8.95. The molecule has 0 bridgehead atoms. The van der Waals surface area contributed by atoms with E-state index in [0.29, 0.717) is 10.0 Å². The molecule has 1 heterocycles. The van der Waals surface area contributed by atoms with Crippen molar-refractivity contribution in [3.63, 3.8) is 0 Å². The van der Waals surface area contributed by atoms with Crippen LogP contribution < -0.4 is 10.5 Å². The van der Waals surface area contributed by atoms with Gasteiger partial charge in [-0.15, -0.1) is 0 Å². The molecule has 3 N–H and O–H groups in total. The second-order valence-electron chi connectivity index (χ2n) is 7.37. The Morgan fingerprint density at radius 3 is 2.09 bits per heavy atom. The van der Waals surface area contributed by atoms with E-state index in [9.17, 15) is 8.42 Å². The van der Waals surface area contributed by atoms with Gasteiger partial charge in [0, 0.05) is 27.4 Å². The summed E-state index contributed by atoms with van der Waals surface area (Å²) in [5, 5.41) is 1.26. The Balaban J connectivity index is 1.63. The fourth-order valence-corrected chi connectivity index (χ4v) is 4.51. The molecule has 34 heavy (non-hydrogen) atoms.